The van der Waals surface area contributed by atoms with Crippen LogP contribution in [0.2, 0.25) is 0 Å². The number of hydrogen-bond acceptors (Lipinski definition) is 3. The van der Waals surface area contributed by atoms with Crippen molar-refractivity contribution in [2.75, 3.05) is 13.2 Å². The van der Waals surface area contributed by atoms with Gasteiger partial charge in [-0.3, -0.25) is 4.79 Å². The third-order valence-electron chi connectivity index (χ3n) is 2.91. The van der Waals surface area contributed by atoms with E-state index < -0.39 is 0 Å². The van der Waals surface area contributed by atoms with Gasteiger partial charge in [0.15, 0.2) is 0 Å². The monoisotopic (exact) mass is 264 g/mol. The highest BCUT2D eigenvalue weighted by molar-refractivity contribution is 5.76. The molecule has 0 aromatic heterocycles. The van der Waals surface area contributed by atoms with Crippen LogP contribution in [0.5, 0.6) is 5.75 Å². The van der Waals surface area contributed by atoms with Crippen molar-refractivity contribution in [3.63, 3.8) is 0 Å². The lowest BCUT2D eigenvalue weighted by Crippen LogP contribution is -2.49. The average molecular weight is 264 g/mol. The van der Waals surface area contributed by atoms with E-state index in [4.69, 9.17) is 10.5 Å². The van der Waals surface area contributed by atoms with E-state index in [2.05, 4.69) is 11.4 Å². The van der Waals surface area contributed by atoms with Crippen molar-refractivity contribution in [3.8, 4) is 5.75 Å². The van der Waals surface area contributed by atoms with Crippen molar-refractivity contribution < 1.29 is 9.53 Å². The lowest BCUT2D eigenvalue weighted by atomic mass is 10.1. The van der Waals surface area contributed by atoms with Crippen LogP contribution in [0.15, 0.2) is 18.2 Å². The fourth-order valence-electron chi connectivity index (χ4n) is 1.71. The first-order valence-corrected chi connectivity index (χ1v) is 6.55. The van der Waals surface area contributed by atoms with Gasteiger partial charge in [-0.1, -0.05) is 17.7 Å². The van der Waals surface area contributed by atoms with Crippen LogP contribution in [-0.4, -0.2) is 24.6 Å². The van der Waals surface area contributed by atoms with Gasteiger partial charge in [0.1, 0.15) is 5.75 Å². The Kier molecular flexibility index (Phi) is 5.36. The number of carbonyl (C=O) groups excluding carboxylic acids is 1. The maximum absolute atomic E-state index is 11.7. The molecule has 0 atom stereocenters. The minimum absolute atomic E-state index is 0.0415. The number of carbonyl (C=O) groups is 1. The molecular weight excluding hydrogens is 240 g/mol. The Labute approximate surface area is 115 Å². The van der Waals surface area contributed by atoms with E-state index >= 15 is 0 Å². The van der Waals surface area contributed by atoms with E-state index in [0.29, 0.717) is 19.6 Å². The van der Waals surface area contributed by atoms with Gasteiger partial charge in [-0.25, -0.2) is 0 Å². The molecule has 106 valence electrons. The zero-order valence-electron chi connectivity index (χ0n) is 12.2. The summed E-state index contributed by atoms with van der Waals surface area (Å²) in [6.07, 6.45) is 0.330. The second-order valence-electron chi connectivity index (χ2n) is 5.50. The highest BCUT2D eigenvalue weighted by Crippen LogP contribution is 2.18. The molecule has 0 aliphatic rings. The molecule has 0 saturated carbocycles. The summed E-state index contributed by atoms with van der Waals surface area (Å²) in [6, 6.07) is 6.00. The Balaban J connectivity index is 2.40. The second kappa shape index (κ2) is 6.57. The van der Waals surface area contributed by atoms with Gasteiger partial charge in [0.05, 0.1) is 13.0 Å². The summed E-state index contributed by atoms with van der Waals surface area (Å²) in [5.41, 5.74) is 7.49. The van der Waals surface area contributed by atoms with Crippen LogP contribution < -0.4 is 15.8 Å². The first kappa shape index (κ1) is 15.5. The third kappa shape index (κ3) is 5.30. The van der Waals surface area contributed by atoms with Gasteiger partial charge in [0.2, 0.25) is 5.91 Å². The number of hydrogen-bond donors (Lipinski definition) is 2. The first-order chi connectivity index (χ1) is 8.84. The van der Waals surface area contributed by atoms with Crippen LogP contribution in [-0.2, 0) is 4.79 Å². The van der Waals surface area contributed by atoms with Crippen LogP contribution in [0, 0.1) is 13.8 Å². The van der Waals surface area contributed by atoms with Gasteiger partial charge in [-0.05, 0) is 39.3 Å². The molecule has 0 radical (unpaired) electrons. The van der Waals surface area contributed by atoms with Gasteiger partial charge in [0.25, 0.3) is 0 Å². The SMILES string of the molecule is Cc1ccc(OCCC(=O)NC(C)(C)CN)c(C)c1. The van der Waals surface area contributed by atoms with Crippen molar-refractivity contribution >= 4 is 5.91 Å². The number of nitrogens with two attached hydrogens (primary N) is 1. The maximum atomic E-state index is 11.7. The fourth-order valence-corrected chi connectivity index (χ4v) is 1.71. The molecule has 4 heteroatoms. The molecule has 3 N–H and O–H groups in total. The van der Waals surface area contributed by atoms with Crippen molar-refractivity contribution in [2.45, 2.75) is 39.7 Å². The zero-order chi connectivity index (χ0) is 14.5. The molecule has 0 aliphatic carbocycles. The Morgan fingerprint density at radius 3 is 2.63 bits per heavy atom. The highest BCUT2D eigenvalue weighted by atomic mass is 16.5. The lowest BCUT2D eigenvalue weighted by molar-refractivity contribution is -0.123. The molecule has 0 bridgehead atoms. The Bertz CT molecular complexity index is 442. The molecule has 1 aromatic carbocycles. The molecule has 0 fully saturated rings. The van der Waals surface area contributed by atoms with Gasteiger partial charge < -0.3 is 15.8 Å². The highest BCUT2D eigenvalue weighted by Gasteiger charge is 2.17. The topological polar surface area (TPSA) is 64.3 Å². The van der Waals surface area contributed by atoms with Crippen LogP contribution in [0.25, 0.3) is 0 Å². The van der Waals surface area contributed by atoms with Crippen molar-refractivity contribution in [2.24, 2.45) is 5.73 Å². The smallest absolute Gasteiger partial charge is 0.223 e. The predicted molar refractivity (Wildman–Crippen MR) is 77.3 cm³/mol. The van der Waals surface area contributed by atoms with E-state index in [1.807, 2.05) is 39.8 Å². The predicted octanol–water partition coefficient (Wildman–Crippen LogP) is 1.93. The number of nitrogens with one attached hydrogen (secondary N) is 1. The number of benzene rings is 1. The molecule has 0 heterocycles. The summed E-state index contributed by atoms with van der Waals surface area (Å²) < 4.78 is 5.62. The van der Waals surface area contributed by atoms with E-state index in [9.17, 15) is 4.79 Å². The molecule has 1 amide bonds. The molecule has 0 saturated heterocycles. The van der Waals surface area contributed by atoms with E-state index in [-0.39, 0.29) is 11.4 Å². The summed E-state index contributed by atoms with van der Waals surface area (Å²) in [7, 11) is 0. The standard InChI is InChI=1S/C15H24N2O2/c1-11-5-6-13(12(2)9-11)19-8-7-14(18)17-15(3,4)10-16/h5-6,9H,7-8,10,16H2,1-4H3,(H,17,18). The van der Waals surface area contributed by atoms with E-state index in [1.54, 1.807) is 0 Å². The lowest BCUT2D eigenvalue weighted by Gasteiger charge is -2.24. The molecule has 0 spiro atoms. The Hall–Kier alpha value is -1.55. The van der Waals surface area contributed by atoms with Crippen molar-refractivity contribution in [1.29, 1.82) is 0 Å². The number of ether oxygens (including phenoxy) is 1. The summed E-state index contributed by atoms with van der Waals surface area (Å²) in [5, 5.41) is 2.87. The van der Waals surface area contributed by atoms with Crippen LogP contribution in [0.4, 0.5) is 0 Å². The summed E-state index contributed by atoms with van der Waals surface area (Å²) in [6.45, 7) is 8.62. The molecule has 0 unspecified atom stereocenters. The number of aryl methyl sites for hydroxylation is 2. The summed E-state index contributed by atoms with van der Waals surface area (Å²) in [4.78, 5) is 11.7. The first-order valence-electron chi connectivity index (χ1n) is 6.55. The molecule has 19 heavy (non-hydrogen) atoms. The Morgan fingerprint density at radius 2 is 2.05 bits per heavy atom. The van der Waals surface area contributed by atoms with E-state index in [0.717, 1.165) is 11.3 Å². The van der Waals surface area contributed by atoms with Crippen LogP contribution in [0.1, 0.15) is 31.4 Å². The second-order valence-corrected chi connectivity index (χ2v) is 5.50. The molecule has 1 rings (SSSR count). The molecular formula is C15H24N2O2. The average Bonchev–Trinajstić information content (AvgIpc) is 2.31. The summed E-state index contributed by atoms with van der Waals surface area (Å²) >= 11 is 0. The minimum atomic E-state index is -0.364. The third-order valence-corrected chi connectivity index (χ3v) is 2.91. The molecule has 4 nitrogen and oxygen atoms in total. The quantitative estimate of drug-likeness (QED) is 0.825. The summed E-state index contributed by atoms with van der Waals surface area (Å²) in [5.74, 6) is 0.789. The van der Waals surface area contributed by atoms with Gasteiger partial charge in [0, 0.05) is 12.1 Å². The van der Waals surface area contributed by atoms with Crippen molar-refractivity contribution in [1.82, 2.24) is 5.32 Å². The van der Waals surface area contributed by atoms with E-state index in [1.165, 1.54) is 5.56 Å². The van der Waals surface area contributed by atoms with Crippen LogP contribution in [0.3, 0.4) is 0 Å². The number of amides is 1. The van der Waals surface area contributed by atoms with Gasteiger partial charge >= 0.3 is 0 Å². The van der Waals surface area contributed by atoms with Gasteiger partial charge in [-0.2, -0.15) is 0 Å². The normalized spacial score (nSPS) is 11.2. The van der Waals surface area contributed by atoms with Gasteiger partial charge in [-0.15, -0.1) is 0 Å². The fraction of sp³-hybridized carbons (Fsp3) is 0.533. The number of rotatable bonds is 6. The maximum Gasteiger partial charge on any atom is 0.223 e. The minimum Gasteiger partial charge on any atom is -0.493 e. The van der Waals surface area contributed by atoms with Crippen LogP contribution >= 0.6 is 0 Å². The van der Waals surface area contributed by atoms with Crippen molar-refractivity contribution in [3.05, 3.63) is 29.3 Å². The largest absolute Gasteiger partial charge is 0.493 e. The molecule has 0 aliphatic heterocycles. The Morgan fingerprint density at radius 1 is 1.37 bits per heavy atom. The zero-order valence-corrected chi connectivity index (χ0v) is 12.2. The molecule has 1 aromatic rings.